The highest BCUT2D eigenvalue weighted by Gasteiger charge is 1.98. The van der Waals surface area contributed by atoms with E-state index >= 15 is 0 Å². The Morgan fingerprint density at radius 1 is 1.89 bits per heavy atom. The fourth-order valence-electron chi connectivity index (χ4n) is 0.515. The molecule has 3 nitrogen and oxygen atoms in total. The van der Waals surface area contributed by atoms with Gasteiger partial charge in [0.15, 0.2) is 5.15 Å². The Kier molecular flexibility index (Phi) is 1.53. The summed E-state index contributed by atoms with van der Waals surface area (Å²) in [6.07, 6.45) is 2.16. The van der Waals surface area contributed by atoms with Crippen molar-refractivity contribution in [2.75, 3.05) is 0 Å². The van der Waals surface area contributed by atoms with E-state index < -0.39 is 0 Å². The molecule has 0 radical (unpaired) electrons. The molecule has 0 saturated carbocycles. The minimum Gasteiger partial charge on any atom is -0.276 e. The molecule has 1 rings (SSSR count). The SMILES string of the molecule is Cc1cn(C=O)nc1Cl. The standard InChI is InChI=1S/C5H5ClN2O/c1-4-2-8(3-9)7-5(4)6/h2-3H,1H3. The topological polar surface area (TPSA) is 34.9 Å². The second-order valence-electron chi connectivity index (χ2n) is 1.69. The Morgan fingerprint density at radius 3 is 2.78 bits per heavy atom. The largest absolute Gasteiger partial charge is 0.276 e. The number of hydrogen-bond donors (Lipinski definition) is 0. The number of nitrogens with zero attached hydrogens (tertiary/aromatic N) is 2. The van der Waals surface area contributed by atoms with Gasteiger partial charge in [0.1, 0.15) is 0 Å². The van der Waals surface area contributed by atoms with Crippen LogP contribution in [0.1, 0.15) is 5.56 Å². The average molecular weight is 145 g/mol. The van der Waals surface area contributed by atoms with Crippen molar-refractivity contribution in [3.63, 3.8) is 0 Å². The minimum absolute atomic E-state index is 0.377. The molecule has 4 heteroatoms. The van der Waals surface area contributed by atoms with E-state index in [1.807, 2.05) is 0 Å². The number of halogens is 1. The highest BCUT2D eigenvalue weighted by molar-refractivity contribution is 6.30. The van der Waals surface area contributed by atoms with Gasteiger partial charge in [-0.05, 0) is 6.92 Å². The van der Waals surface area contributed by atoms with Crippen molar-refractivity contribution in [2.24, 2.45) is 0 Å². The lowest BCUT2D eigenvalue weighted by Gasteiger charge is -1.77. The fourth-order valence-corrected chi connectivity index (χ4v) is 0.651. The van der Waals surface area contributed by atoms with Crippen molar-refractivity contribution in [3.8, 4) is 0 Å². The maximum absolute atomic E-state index is 10.0. The van der Waals surface area contributed by atoms with E-state index in [-0.39, 0.29) is 0 Å². The molecule has 0 spiro atoms. The van der Waals surface area contributed by atoms with E-state index in [0.717, 1.165) is 10.2 Å². The predicted molar refractivity (Wildman–Crippen MR) is 34.1 cm³/mol. The van der Waals surface area contributed by atoms with Gasteiger partial charge in [-0.15, -0.1) is 0 Å². The van der Waals surface area contributed by atoms with Crippen LogP contribution in [0.2, 0.25) is 5.15 Å². The van der Waals surface area contributed by atoms with Crippen LogP contribution in [-0.2, 0) is 4.79 Å². The van der Waals surface area contributed by atoms with Crippen LogP contribution in [0.3, 0.4) is 0 Å². The second kappa shape index (κ2) is 2.19. The van der Waals surface area contributed by atoms with Crippen molar-refractivity contribution in [1.82, 2.24) is 9.78 Å². The van der Waals surface area contributed by atoms with E-state index in [9.17, 15) is 4.79 Å². The molecule has 0 aliphatic carbocycles. The highest BCUT2D eigenvalue weighted by atomic mass is 35.5. The fraction of sp³-hybridized carbons (Fsp3) is 0.200. The summed E-state index contributed by atoms with van der Waals surface area (Å²) in [7, 11) is 0. The van der Waals surface area contributed by atoms with E-state index in [4.69, 9.17) is 11.6 Å². The van der Waals surface area contributed by atoms with Gasteiger partial charge in [-0.25, -0.2) is 4.68 Å². The molecule has 0 aromatic carbocycles. The maximum Gasteiger partial charge on any atom is 0.234 e. The lowest BCUT2D eigenvalue weighted by Crippen LogP contribution is -1.92. The van der Waals surface area contributed by atoms with Crippen molar-refractivity contribution in [2.45, 2.75) is 6.92 Å². The summed E-state index contributed by atoms with van der Waals surface area (Å²) >= 11 is 5.52. The van der Waals surface area contributed by atoms with Crippen LogP contribution >= 0.6 is 11.6 Å². The van der Waals surface area contributed by atoms with Gasteiger partial charge in [-0.3, -0.25) is 4.79 Å². The average Bonchev–Trinajstić information content (AvgIpc) is 2.13. The maximum atomic E-state index is 10.0. The molecule has 48 valence electrons. The van der Waals surface area contributed by atoms with Gasteiger partial charge in [-0.1, -0.05) is 11.6 Å². The normalized spacial score (nSPS) is 9.56. The molecular weight excluding hydrogens is 140 g/mol. The van der Waals surface area contributed by atoms with Gasteiger partial charge in [0, 0.05) is 11.8 Å². The van der Waals surface area contributed by atoms with Crippen molar-refractivity contribution in [3.05, 3.63) is 16.9 Å². The number of aryl methyl sites for hydroxylation is 1. The van der Waals surface area contributed by atoms with Crippen molar-refractivity contribution >= 4 is 18.0 Å². The summed E-state index contributed by atoms with van der Waals surface area (Å²) in [5.41, 5.74) is 0.809. The molecule has 0 amide bonds. The monoisotopic (exact) mass is 144 g/mol. The molecule has 9 heavy (non-hydrogen) atoms. The van der Waals surface area contributed by atoms with Crippen molar-refractivity contribution < 1.29 is 4.79 Å². The van der Waals surface area contributed by atoms with Crippen LogP contribution in [0.15, 0.2) is 6.20 Å². The van der Waals surface area contributed by atoms with E-state index in [0.29, 0.717) is 11.6 Å². The van der Waals surface area contributed by atoms with Gasteiger partial charge in [0.25, 0.3) is 0 Å². The van der Waals surface area contributed by atoms with Crippen molar-refractivity contribution in [1.29, 1.82) is 0 Å². The second-order valence-corrected chi connectivity index (χ2v) is 2.05. The lowest BCUT2D eigenvalue weighted by atomic mass is 10.4. The zero-order chi connectivity index (χ0) is 6.85. The van der Waals surface area contributed by atoms with Crippen LogP contribution in [-0.4, -0.2) is 16.2 Å². The first-order valence-corrected chi connectivity index (χ1v) is 2.78. The Hall–Kier alpha value is -0.830. The number of hydrogen-bond acceptors (Lipinski definition) is 2. The Labute approximate surface area is 57.2 Å². The van der Waals surface area contributed by atoms with Gasteiger partial charge in [-0.2, -0.15) is 5.10 Å². The molecule has 0 aliphatic heterocycles. The van der Waals surface area contributed by atoms with Gasteiger partial charge in [0.05, 0.1) is 0 Å². The summed E-state index contributed by atoms with van der Waals surface area (Å²) in [5.74, 6) is 0. The molecule has 0 N–H and O–H groups in total. The minimum atomic E-state index is 0.377. The first-order chi connectivity index (χ1) is 4.24. The number of rotatable bonds is 1. The van der Waals surface area contributed by atoms with Crippen LogP contribution in [0.4, 0.5) is 0 Å². The molecule has 0 fully saturated rings. The number of carbonyl (C=O) groups excluding carboxylic acids is 1. The molecule has 0 saturated heterocycles. The van der Waals surface area contributed by atoms with E-state index in [2.05, 4.69) is 5.10 Å². The Balaban J connectivity index is 3.11. The lowest BCUT2D eigenvalue weighted by molar-refractivity contribution is 0.540. The summed E-state index contributed by atoms with van der Waals surface area (Å²) in [4.78, 5) is 10.0. The molecule has 1 heterocycles. The van der Waals surface area contributed by atoms with E-state index in [1.165, 1.54) is 0 Å². The van der Waals surface area contributed by atoms with Gasteiger partial charge >= 0.3 is 0 Å². The van der Waals surface area contributed by atoms with Crippen LogP contribution in [0, 0.1) is 6.92 Å². The molecular formula is C5H5ClN2O. The molecule has 0 aliphatic rings. The third-order valence-corrected chi connectivity index (χ3v) is 1.34. The Morgan fingerprint density at radius 2 is 2.56 bits per heavy atom. The van der Waals surface area contributed by atoms with E-state index in [1.54, 1.807) is 13.1 Å². The molecule has 0 unspecified atom stereocenters. The molecule has 0 bridgehead atoms. The van der Waals surface area contributed by atoms with Crippen LogP contribution in [0.5, 0.6) is 0 Å². The van der Waals surface area contributed by atoms with Gasteiger partial charge in [0.2, 0.25) is 6.41 Å². The quantitative estimate of drug-likeness (QED) is 0.549. The third kappa shape index (κ3) is 1.10. The summed E-state index contributed by atoms with van der Waals surface area (Å²) < 4.78 is 1.14. The number of carbonyl (C=O) groups is 1. The van der Waals surface area contributed by atoms with Crippen LogP contribution in [0.25, 0.3) is 0 Å². The zero-order valence-corrected chi connectivity index (χ0v) is 5.59. The Bertz CT molecular complexity index is 211. The summed E-state index contributed by atoms with van der Waals surface area (Å²) in [5, 5.41) is 4.02. The molecule has 0 atom stereocenters. The third-order valence-electron chi connectivity index (χ3n) is 0.963. The predicted octanol–water partition coefficient (Wildman–Crippen LogP) is 0.883. The van der Waals surface area contributed by atoms with Gasteiger partial charge < -0.3 is 0 Å². The smallest absolute Gasteiger partial charge is 0.234 e. The first-order valence-electron chi connectivity index (χ1n) is 2.40. The molecule has 1 aromatic rings. The number of aromatic nitrogens is 2. The summed E-state index contributed by atoms with van der Waals surface area (Å²) in [6.45, 7) is 1.79. The zero-order valence-electron chi connectivity index (χ0n) is 4.84. The highest BCUT2D eigenvalue weighted by Crippen LogP contribution is 2.09. The first kappa shape index (κ1) is 6.29. The summed E-state index contributed by atoms with van der Waals surface area (Å²) in [6, 6.07) is 0. The molecule has 1 aromatic heterocycles. The van der Waals surface area contributed by atoms with Crippen LogP contribution < -0.4 is 0 Å².